The average molecular weight is 309 g/mol. The molecule has 22 heavy (non-hydrogen) atoms. The van der Waals surface area contributed by atoms with Gasteiger partial charge in [0, 0.05) is 22.7 Å². The van der Waals surface area contributed by atoms with E-state index in [4.69, 9.17) is 0 Å². The molecule has 0 spiro atoms. The normalized spacial score (nSPS) is 10.5. The molecular weight excluding hydrogens is 294 g/mol. The molecule has 4 nitrogen and oxygen atoms in total. The van der Waals surface area contributed by atoms with E-state index in [2.05, 4.69) is 14.7 Å². The molecule has 1 heterocycles. The quantitative estimate of drug-likeness (QED) is 0.793. The molecular formula is C17H15N3OS. The topological polar surface area (TPSA) is 54.9 Å². The third-order valence-corrected chi connectivity index (χ3v) is 3.95. The minimum atomic E-state index is -0.156. The number of hydrogen-bond donors (Lipinski definition) is 1. The van der Waals surface area contributed by atoms with Gasteiger partial charge in [-0.15, -0.1) is 0 Å². The number of aromatic nitrogens is 2. The Morgan fingerprint density at radius 1 is 1.09 bits per heavy atom. The number of amides is 1. The number of benzene rings is 2. The minimum absolute atomic E-state index is 0.156. The number of hydrogen-bond acceptors (Lipinski definition) is 4. The molecule has 0 aliphatic carbocycles. The Bertz CT molecular complexity index is 812. The highest BCUT2D eigenvalue weighted by atomic mass is 32.1. The standard InChI is InChI=1S/C17H15N3OS/c1-11-8-9-12(2)14(10-11)16(21)19-17-18-15(20-22-17)13-6-4-3-5-7-13/h3-10H,1-2H3,(H,18,19,20,21). The molecule has 0 bridgehead atoms. The fourth-order valence-electron chi connectivity index (χ4n) is 2.12. The predicted molar refractivity (Wildman–Crippen MR) is 89.2 cm³/mol. The maximum absolute atomic E-state index is 12.4. The molecule has 2 aromatic carbocycles. The van der Waals surface area contributed by atoms with Crippen molar-refractivity contribution in [3.05, 3.63) is 65.2 Å². The predicted octanol–water partition coefficient (Wildman–Crippen LogP) is 4.07. The molecule has 0 aliphatic heterocycles. The van der Waals surface area contributed by atoms with E-state index in [0.29, 0.717) is 16.5 Å². The first-order valence-electron chi connectivity index (χ1n) is 6.91. The van der Waals surface area contributed by atoms with Gasteiger partial charge < -0.3 is 0 Å². The van der Waals surface area contributed by atoms with Crippen LogP contribution >= 0.6 is 11.5 Å². The van der Waals surface area contributed by atoms with Crippen LogP contribution in [0, 0.1) is 13.8 Å². The molecule has 0 aliphatic rings. The van der Waals surface area contributed by atoms with E-state index in [9.17, 15) is 4.79 Å². The third kappa shape index (κ3) is 3.04. The van der Waals surface area contributed by atoms with E-state index in [-0.39, 0.29) is 5.91 Å². The molecule has 3 aromatic rings. The highest BCUT2D eigenvalue weighted by molar-refractivity contribution is 7.10. The molecule has 5 heteroatoms. The molecule has 1 amide bonds. The second kappa shape index (κ2) is 6.07. The van der Waals surface area contributed by atoms with Crippen molar-refractivity contribution in [2.45, 2.75) is 13.8 Å². The van der Waals surface area contributed by atoms with Crippen LogP contribution in [-0.2, 0) is 0 Å². The van der Waals surface area contributed by atoms with Crippen molar-refractivity contribution in [1.29, 1.82) is 0 Å². The molecule has 3 rings (SSSR count). The zero-order valence-corrected chi connectivity index (χ0v) is 13.1. The van der Waals surface area contributed by atoms with Crippen LogP contribution in [0.15, 0.2) is 48.5 Å². The average Bonchev–Trinajstić information content (AvgIpc) is 2.99. The maximum atomic E-state index is 12.4. The van der Waals surface area contributed by atoms with Crippen molar-refractivity contribution in [1.82, 2.24) is 9.36 Å². The van der Waals surface area contributed by atoms with E-state index >= 15 is 0 Å². The van der Waals surface area contributed by atoms with Crippen LogP contribution in [0.5, 0.6) is 0 Å². The van der Waals surface area contributed by atoms with Gasteiger partial charge in [-0.1, -0.05) is 48.0 Å². The highest BCUT2D eigenvalue weighted by Crippen LogP contribution is 2.21. The van der Waals surface area contributed by atoms with Crippen LogP contribution < -0.4 is 5.32 Å². The van der Waals surface area contributed by atoms with E-state index in [1.807, 2.05) is 62.4 Å². The van der Waals surface area contributed by atoms with E-state index in [1.54, 1.807) is 0 Å². The van der Waals surface area contributed by atoms with Gasteiger partial charge >= 0.3 is 0 Å². The zero-order valence-electron chi connectivity index (χ0n) is 12.3. The van der Waals surface area contributed by atoms with Crippen molar-refractivity contribution >= 4 is 22.6 Å². The lowest BCUT2D eigenvalue weighted by Gasteiger charge is -2.06. The summed E-state index contributed by atoms with van der Waals surface area (Å²) in [4.78, 5) is 16.7. The smallest absolute Gasteiger partial charge is 0.257 e. The second-order valence-corrected chi connectivity index (χ2v) is 5.81. The lowest BCUT2D eigenvalue weighted by atomic mass is 10.1. The Kier molecular flexibility index (Phi) is 3.98. The second-order valence-electron chi connectivity index (χ2n) is 5.06. The summed E-state index contributed by atoms with van der Waals surface area (Å²) in [5.74, 6) is 0.471. The number of nitrogens with one attached hydrogen (secondary N) is 1. The molecule has 1 N–H and O–H groups in total. The summed E-state index contributed by atoms with van der Waals surface area (Å²) in [5, 5.41) is 3.33. The van der Waals surface area contributed by atoms with Crippen molar-refractivity contribution in [3.8, 4) is 11.4 Å². The van der Waals surface area contributed by atoms with Crippen molar-refractivity contribution < 1.29 is 4.79 Å². The largest absolute Gasteiger partial charge is 0.297 e. The fraction of sp³-hybridized carbons (Fsp3) is 0.118. The van der Waals surface area contributed by atoms with Gasteiger partial charge in [0.1, 0.15) is 0 Å². The van der Waals surface area contributed by atoms with Crippen molar-refractivity contribution in [3.63, 3.8) is 0 Å². The highest BCUT2D eigenvalue weighted by Gasteiger charge is 2.13. The molecule has 1 aromatic heterocycles. The Labute approximate surface area is 133 Å². The summed E-state index contributed by atoms with van der Waals surface area (Å²) in [6, 6.07) is 15.5. The van der Waals surface area contributed by atoms with Gasteiger partial charge in [0.05, 0.1) is 0 Å². The first-order chi connectivity index (χ1) is 10.6. The van der Waals surface area contributed by atoms with Gasteiger partial charge in [-0.25, -0.2) is 0 Å². The number of carbonyl (C=O) groups excluding carboxylic acids is 1. The fourth-order valence-corrected chi connectivity index (χ4v) is 2.71. The summed E-state index contributed by atoms with van der Waals surface area (Å²) in [6.45, 7) is 3.89. The Balaban J connectivity index is 1.81. The minimum Gasteiger partial charge on any atom is -0.297 e. The van der Waals surface area contributed by atoms with Crippen molar-refractivity contribution in [2.75, 3.05) is 5.32 Å². The Hall–Kier alpha value is -2.53. The number of rotatable bonds is 3. The van der Waals surface area contributed by atoms with Crippen molar-refractivity contribution in [2.24, 2.45) is 0 Å². The molecule has 0 atom stereocenters. The first-order valence-corrected chi connectivity index (χ1v) is 7.68. The zero-order chi connectivity index (χ0) is 15.5. The van der Waals surface area contributed by atoms with Gasteiger partial charge in [0.25, 0.3) is 5.91 Å². The van der Waals surface area contributed by atoms with Crippen LogP contribution in [0.2, 0.25) is 0 Å². The first kappa shape index (κ1) is 14.4. The van der Waals surface area contributed by atoms with Crippen LogP contribution in [-0.4, -0.2) is 15.3 Å². The SMILES string of the molecule is Cc1ccc(C)c(C(=O)Nc2nc(-c3ccccc3)ns2)c1. The van der Waals surface area contributed by atoms with E-state index < -0.39 is 0 Å². The van der Waals surface area contributed by atoms with Gasteiger partial charge in [-0.05, 0) is 25.5 Å². The third-order valence-electron chi connectivity index (χ3n) is 3.32. The number of anilines is 1. The summed E-state index contributed by atoms with van der Waals surface area (Å²) < 4.78 is 4.29. The lowest BCUT2D eigenvalue weighted by molar-refractivity contribution is 0.102. The number of nitrogens with zero attached hydrogens (tertiary/aromatic N) is 2. The monoisotopic (exact) mass is 309 g/mol. The number of carbonyl (C=O) groups is 1. The van der Waals surface area contributed by atoms with Gasteiger partial charge in [-0.2, -0.15) is 9.36 Å². The lowest BCUT2D eigenvalue weighted by Crippen LogP contribution is -2.13. The molecule has 0 radical (unpaired) electrons. The molecule has 0 unspecified atom stereocenters. The molecule has 0 saturated heterocycles. The summed E-state index contributed by atoms with van der Waals surface area (Å²) in [6.07, 6.45) is 0. The molecule has 0 saturated carbocycles. The Morgan fingerprint density at radius 3 is 2.64 bits per heavy atom. The van der Waals surface area contributed by atoms with E-state index in [0.717, 1.165) is 16.7 Å². The maximum Gasteiger partial charge on any atom is 0.257 e. The van der Waals surface area contributed by atoms with Gasteiger partial charge in [-0.3, -0.25) is 10.1 Å². The number of aryl methyl sites for hydroxylation is 2. The molecule has 0 fully saturated rings. The van der Waals surface area contributed by atoms with Crippen LogP contribution in [0.3, 0.4) is 0 Å². The van der Waals surface area contributed by atoms with Crippen LogP contribution in [0.4, 0.5) is 5.13 Å². The Morgan fingerprint density at radius 2 is 1.86 bits per heavy atom. The summed E-state index contributed by atoms with van der Waals surface area (Å²) in [5.41, 5.74) is 3.59. The van der Waals surface area contributed by atoms with Gasteiger partial charge in [0.15, 0.2) is 5.82 Å². The van der Waals surface area contributed by atoms with Gasteiger partial charge in [0.2, 0.25) is 5.13 Å². The van der Waals surface area contributed by atoms with E-state index in [1.165, 1.54) is 11.5 Å². The van der Waals surface area contributed by atoms with Crippen LogP contribution in [0.1, 0.15) is 21.5 Å². The molecule has 110 valence electrons. The summed E-state index contributed by atoms with van der Waals surface area (Å²) >= 11 is 1.18. The summed E-state index contributed by atoms with van der Waals surface area (Å²) in [7, 11) is 0. The van der Waals surface area contributed by atoms with Crippen LogP contribution in [0.25, 0.3) is 11.4 Å².